The van der Waals surface area contributed by atoms with E-state index in [4.69, 9.17) is 5.73 Å². The SMILES string of the molecule is Cc1cc(C)c(CN(CCCN)Cc2ccccc2)c(C)c1. The largest absolute Gasteiger partial charge is 0.330 e. The van der Waals surface area contributed by atoms with Crippen molar-refractivity contribution in [2.45, 2.75) is 40.3 Å². The molecule has 0 saturated heterocycles. The molecule has 0 saturated carbocycles. The van der Waals surface area contributed by atoms with Crippen LogP contribution in [0.3, 0.4) is 0 Å². The molecule has 0 aliphatic heterocycles. The van der Waals surface area contributed by atoms with Gasteiger partial charge in [-0.2, -0.15) is 0 Å². The van der Waals surface area contributed by atoms with Gasteiger partial charge >= 0.3 is 0 Å². The highest BCUT2D eigenvalue weighted by Crippen LogP contribution is 2.19. The topological polar surface area (TPSA) is 29.3 Å². The van der Waals surface area contributed by atoms with Gasteiger partial charge in [0, 0.05) is 19.6 Å². The Balaban J connectivity index is 2.16. The first kappa shape index (κ1) is 16.7. The third-order valence-corrected chi connectivity index (χ3v) is 4.15. The maximum absolute atomic E-state index is 5.72. The lowest BCUT2D eigenvalue weighted by Gasteiger charge is -2.24. The third kappa shape index (κ3) is 4.69. The van der Waals surface area contributed by atoms with Gasteiger partial charge in [-0.15, -0.1) is 0 Å². The summed E-state index contributed by atoms with van der Waals surface area (Å²) in [6.07, 6.45) is 1.04. The number of nitrogens with zero attached hydrogens (tertiary/aromatic N) is 1. The molecule has 0 bridgehead atoms. The molecule has 118 valence electrons. The second-order valence-electron chi connectivity index (χ2n) is 6.22. The maximum Gasteiger partial charge on any atom is 0.0242 e. The Hall–Kier alpha value is -1.64. The van der Waals surface area contributed by atoms with Crippen molar-refractivity contribution in [3.8, 4) is 0 Å². The van der Waals surface area contributed by atoms with Crippen molar-refractivity contribution in [3.05, 3.63) is 70.3 Å². The van der Waals surface area contributed by atoms with Crippen LogP contribution in [-0.4, -0.2) is 18.0 Å². The zero-order valence-corrected chi connectivity index (χ0v) is 14.1. The van der Waals surface area contributed by atoms with E-state index in [1.165, 1.54) is 27.8 Å². The molecule has 2 heteroatoms. The molecule has 0 aromatic heterocycles. The van der Waals surface area contributed by atoms with Gasteiger partial charge in [0.1, 0.15) is 0 Å². The maximum atomic E-state index is 5.72. The first-order valence-electron chi connectivity index (χ1n) is 8.13. The predicted octanol–water partition coefficient (Wildman–Crippen LogP) is 3.96. The van der Waals surface area contributed by atoms with Gasteiger partial charge in [0.05, 0.1) is 0 Å². The fraction of sp³-hybridized carbons (Fsp3) is 0.400. The van der Waals surface area contributed by atoms with Crippen LogP contribution in [0.15, 0.2) is 42.5 Å². The molecule has 2 nitrogen and oxygen atoms in total. The first-order valence-corrected chi connectivity index (χ1v) is 8.13. The van der Waals surface area contributed by atoms with E-state index in [9.17, 15) is 0 Å². The minimum atomic E-state index is 0.747. The molecule has 0 aliphatic rings. The van der Waals surface area contributed by atoms with Crippen LogP contribution in [0.1, 0.15) is 34.2 Å². The third-order valence-electron chi connectivity index (χ3n) is 4.15. The van der Waals surface area contributed by atoms with Crippen molar-refractivity contribution in [1.29, 1.82) is 0 Å². The summed E-state index contributed by atoms with van der Waals surface area (Å²) in [5.74, 6) is 0. The molecule has 2 aromatic rings. The van der Waals surface area contributed by atoms with E-state index in [2.05, 4.69) is 68.1 Å². The molecule has 0 spiro atoms. The van der Waals surface area contributed by atoms with Gasteiger partial charge in [0.2, 0.25) is 0 Å². The number of nitrogens with two attached hydrogens (primary N) is 1. The fourth-order valence-corrected chi connectivity index (χ4v) is 3.05. The number of hydrogen-bond donors (Lipinski definition) is 1. The number of hydrogen-bond acceptors (Lipinski definition) is 2. The van der Waals surface area contributed by atoms with Gasteiger partial charge < -0.3 is 5.73 Å². The summed E-state index contributed by atoms with van der Waals surface area (Å²) in [5, 5.41) is 0. The molecule has 2 N–H and O–H groups in total. The van der Waals surface area contributed by atoms with E-state index in [-0.39, 0.29) is 0 Å². The molecular formula is C20H28N2. The van der Waals surface area contributed by atoms with Gasteiger partial charge in [0.15, 0.2) is 0 Å². The second kappa shape index (κ2) is 8.11. The zero-order valence-electron chi connectivity index (χ0n) is 14.1. The van der Waals surface area contributed by atoms with Crippen molar-refractivity contribution in [2.75, 3.05) is 13.1 Å². The van der Waals surface area contributed by atoms with Gasteiger partial charge in [-0.05, 0) is 56.0 Å². The Bertz CT molecular complexity index is 567. The monoisotopic (exact) mass is 296 g/mol. The molecule has 0 heterocycles. The second-order valence-corrected chi connectivity index (χ2v) is 6.22. The van der Waals surface area contributed by atoms with Gasteiger partial charge in [0.25, 0.3) is 0 Å². The average Bonchev–Trinajstić information content (AvgIpc) is 2.49. The van der Waals surface area contributed by atoms with E-state index < -0.39 is 0 Å². The number of aryl methyl sites for hydroxylation is 3. The Morgan fingerprint density at radius 2 is 1.55 bits per heavy atom. The average molecular weight is 296 g/mol. The van der Waals surface area contributed by atoms with E-state index in [0.29, 0.717) is 0 Å². The van der Waals surface area contributed by atoms with Crippen LogP contribution >= 0.6 is 0 Å². The summed E-state index contributed by atoms with van der Waals surface area (Å²) in [7, 11) is 0. The quantitative estimate of drug-likeness (QED) is 0.838. The Morgan fingerprint density at radius 3 is 2.14 bits per heavy atom. The molecule has 22 heavy (non-hydrogen) atoms. The van der Waals surface area contributed by atoms with Crippen LogP contribution in [0.5, 0.6) is 0 Å². The van der Waals surface area contributed by atoms with Crippen molar-refractivity contribution >= 4 is 0 Å². The smallest absolute Gasteiger partial charge is 0.0242 e. The summed E-state index contributed by atoms with van der Waals surface area (Å²) < 4.78 is 0. The van der Waals surface area contributed by atoms with Crippen molar-refractivity contribution in [3.63, 3.8) is 0 Å². The van der Waals surface area contributed by atoms with Crippen molar-refractivity contribution < 1.29 is 0 Å². The molecule has 0 amide bonds. The Morgan fingerprint density at radius 1 is 0.909 bits per heavy atom. The summed E-state index contributed by atoms with van der Waals surface area (Å²) >= 11 is 0. The molecule has 2 aromatic carbocycles. The lowest BCUT2D eigenvalue weighted by Crippen LogP contribution is -2.26. The lowest BCUT2D eigenvalue weighted by atomic mass is 9.99. The highest BCUT2D eigenvalue weighted by molar-refractivity contribution is 5.37. The summed E-state index contributed by atoms with van der Waals surface area (Å²) in [5.41, 5.74) is 12.7. The van der Waals surface area contributed by atoms with Crippen molar-refractivity contribution in [2.24, 2.45) is 5.73 Å². The van der Waals surface area contributed by atoms with Crippen LogP contribution in [0, 0.1) is 20.8 Å². The normalized spacial score (nSPS) is 11.1. The minimum absolute atomic E-state index is 0.747. The fourth-order valence-electron chi connectivity index (χ4n) is 3.05. The van der Waals surface area contributed by atoms with Gasteiger partial charge in [-0.3, -0.25) is 4.90 Å². The molecular weight excluding hydrogens is 268 g/mol. The molecule has 0 fully saturated rings. The molecule has 0 radical (unpaired) electrons. The van der Waals surface area contributed by atoms with E-state index in [1.54, 1.807) is 0 Å². The lowest BCUT2D eigenvalue weighted by molar-refractivity contribution is 0.254. The summed E-state index contributed by atoms with van der Waals surface area (Å²) in [4.78, 5) is 2.51. The molecule has 2 rings (SSSR count). The Labute approximate surface area is 135 Å². The number of rotatable bonds is 7. The molecule has 0 atom stereocenters. The van der Waals surface area contributed by atoms with Crippen LogP contribution < -0.4 is 5.73 Å². The highest BCUT2D eigenvalue weighted by atomic mass is 15.1. The molecule has 0 aliphatic carbocycles. The van der Waals surface area contributed by atoms with Gasteiger partial charge in [-0.25, -0.2) is 0 Å². The zero-order chi connectivity index (χ0) is 15.9. The van der Waals surface area contributed by atoms with Gasteiger partial charge in [-0.1, -0.05) is 48.0 Å². The highest BCUT2D eigenvalue weighted by Gasteiger charge is 2.11. The van der Waals surface area contributed by atoms with E-state index >= 15 is 0 Å². The van der Waals surface area contributed by atoms with Crippen LogP contribution in [0.25, 0.3) is 0 Å². The predicted molar refractivity (Wildman–Crippen MR) is 94.9 cm³/mol. The first-order chi connectivity index (χ1) is 10.6. The molecule has 0 unspecified atom stereocenters. The summed E-state index contributed by atoms with van der Waals surface area (Å²) in [6.45, 7) is 10.4. The minimum Gasteiger partial charge on any atom is -0.330 e. The van der Waals surface area contributed by atoms with E-state index in [1.807, 2.05) is 0 Å². The van der Waals surface area contributed by atoms with Crippen LogP contribution in [-0.2, 0) is 13.1 Å². The van der Waals surface area contributed by atoms with Crippen molar-refractivity contribution in [1.82, 2.24) is 4.90 Å². The van der Waals surface area contributed by atoms with E-state index in [0.717, 1.165) is 32.6 Å². The Kier molecular flexibility index (Phi) is 6.17. The van der Waals surface area contributed by atoms with Crippen LogP contribution in [0.4, 0.5) is 0 Å². The van der Waals surface area contributed by atoms with Crippen LogP contribution in [0.2, 0.25) is 0 Å². The summed E-state index contributed by atoms with van der Waals surface area (Å²) in [6, 6.07) is 15.3. The number of benzene rings is 2. The standard InChI is InChI=1S/C20H28N2/c1-16-12-17(2)20(18(3)13-16)15-22(11-7-10-21)14-19-8-5-4-6-9-19/h4-6,8-9,12-13H,7,10-11,14-15,21H2,1-3H3.